The van der Waals surface area contributed by atoms with Gasteiger partial charge in [0.15, 0.2) is 0 Å². The number of piperidine rings is 1. The van der Waals surface area contributed by atoms with E-state index in [0.717, 1.165) is 56.1 Å². The summed E-state index contributed by atoms with van der Waals surface area (Å²) in [6.07, 6.45) is 5.67. The molecule has 1 aromatic heterocycles. The molecule has 0 atom stereocenters. The summed E-state index contributed by atoms with van der Waals surface area (Å²) in [6.45, 7) is 7.36. The van der Waals surface area contributed by atoms with Crippen LogP contribution in [0.1, 0.15) is 53.1 Å². The lowest BCUT2D eigenvalue weighted by atomic mass is 9.89. The molecular formula is C33H36N2O2. The number of likely N-dealkylation sites (tertiary alicyclic amines) is 1. The zero-order chi connectivity index (χ0) is 25.6. The van der Waals surface area contributed by atoms with Gasteiger partial charge in [-0.15, -0.1) is 0 Å². The van der Waals surface area contributed by atoms with Gasteiger partial charge in [0.05, 0.1) is 5.69 Å². The van der Waals surface area contributed by atoms with Crippen LogP contribution < -0.4 is 4.74 Å². The summed E-state index contributed by atoms with van der Waals surface area (Å²) in [5.74, 6) is 2.50. The third-order valence-electron chi connectivity index (χ3n) is 7.54. The van der Waals surface area contributed by atoms with E-state index in [4.69, 9.17) is 4.74 Å². The predicted molar refractivity (Wildman–Crippen MR) is 151 cm³/mol. The van der Waals surface area contributed by atoms with Gasteiger partial charge in [-0.3, -0.25) is 9.36 Å². The Labute approximate surface area is 220 Å². The second-order valence-electron chi connectivity index (χ2n) is 10.1. The molecule has 0 bridgehead atoms. The van der Waals surface area contributed by atoms with E-state index < -0.39 is 0 Å². The Kier molecular flexibility index (Phi) is 7.86. The summed E-state index contributed by atoms with van der Waals surface area (Å²) in [4.78, 5) is 15.6. The third kappa shape index (κ3) is 6.03. The van der Waals surface area contributed by atoms with Crippen LogP contribution in [0.4, 0.5) is 0 Å². The Morgan fingerprint density at radius 1 is 0.811 bits per heavy atom. The maximum Gasteiger partial charge on any atom is 0.231 e. The van der Waals surface area contributed by atoms with Crippen LogP contribution in [0.25, 0.3) is 11.3 Å². The highest BCUT2D eigenvalue weighted by Gasteiger charge is 2.21. The summed E-state index contributed by atoms with van der Waals surface area (Å²) < 4.78 is 7.77. The van der Waals surface area contributed by atoms with Crippen LogP contribution in [0.5, 0.6) is 11.5 Å². The zero-order valence-electron chi connectivity index (χ0n) is 21.9. The molecule has 0 radical (unpaired) electrons. The monoisotopic (exact) mass is 492 g/mol. The molecule has 0 aliphatic carbocycles. The van der Waals surface area contributed by atoms with Crippen molar-refractivity contribution in [3.8, 4) is 22.8 Å². The molecule has 0 N–H and O–H groups in total. The van der Waals surface area contributed by atoms with Crippen molar-refractivity contribution in [2.45, 2.75) is 45.4 Å². The van der Waals surface area contributed by atoms with E-state index in [1.54, 1.807) is 0 Å². The van der Waals surface area contributed by atoms with Crippen LogP contribution in [0, 0.1) is 13.8 Å². The normalized spacial score (nSPS) is 14.5. The smallest absolute Gasteiger partial charge is 0.231 e. The fourth-order valence-electron chi connectivity index (χ4n) is 5.52. The van der Waals surface area contributed by atoms with Crippen molar-refractivity contribution in [3.05, 3.63) is 108 Å². The number of nitrogens with zero attached hydrogens (tertiary/aromatic N) is 2. The van der Waals surface area contributed by atoms with Gasteiger partial charge < -0.3 is 9.64 Å². The van der Waals surface area contributed by atoms with Crippen molar-refractivity contribution in [1.82, 2.24) is 9.47 Å². The highest BCUT2D eigenvalue weighted by atomic mass is 16.5. The van der Waals surface area contributed by atoms with Crippen LogP contribution in [-0.4, -0.2) is 35.0 Å². The van der Waals surface area contributed by atoms with Gasteiger partial charge in [-0.1, -0.05) is 48.5 Å². The first-order valence-electron chi connectivity index (χ1n) is 13.4. The molecule has 190 valence electrons. The van der Waals surface area contributed by atoms with E-state index in [0.29, 0.717) is 12.3 Å². The van der Waals surface area contributed by atoms with Crippen molar-refractivity contribution in [2.24, 2.45) is 0 Å². The fourth-order valence-corrected chi connectivity index (χ4v) is 5.52. The molecule has 3 aromatic carbocycles. The van der Waals surface area contributed by atoms with Gasteiger partial charge in [0, 0.05) is 18.2 Å². The average Bonchev–Trinajstić information content (AvgIpc) is 3.40. The Balaban J connectivity index is 1.09. The van der Waals surface area contributed by atoms with E-state index in [9.17, 15) is 4.79 Å². The van der Waals surface area contributed by atoms with Gasteiger partial charge in [0.25, 0.3) is 0 Å². The zero-order valence-corrected chi connectivity index (χ0v) is 21.9. The van der Waals surface area contributed by atoms with E-state index in [2.05, 4.69) is 67.3 Å². The Bertz CT molecular complexity index is 1300. The van der Waals surface area contributed by atoms with Gasteiger partial charge in [0.2, 0.25) is 5.91 Å². The first-order chi connectivity index (χ1) is 18.1. The minimum Gasteiger partial charge on any atom is -0.457 e. The highest BCUT2D eigenvalue weighted by molar-refractivity contribution is 5.85. The molecule has 1 saturated heterocycles. The number of carbonyl (C=O) groups excluding carboxylic acids is 1. The van der Waals surface area contributed by atoms with Crippen LogP contribution in [0.15, 0.2) is 91.1 Å². The number of carbonyl (C=O) groups is 1. The number of para-hydroxylation sites is 1. The predicted octanol–water partition coefficient (Wildman–Crippen LogP) is 7.86. The van der Waals surface area contributed by atoms with E-state index >= 15 is 0 Å². The lowest BCUT2D eigenvalue weighted by Crippen LogP contribution is -2.34. The molecule has 0 spiro atoms. The maximum atomic E-state index is 13.1. The first-order valence-corrected chi connectivity index (χ1v) is 13.4. The van der Waals surface area contributed by atoms with Gasteiger partial charge in [0.1, 0.15) is 11.5 Å². The largest absolute Gasteiger partial charge is 0.457 e. The standard InChI is InChI=1S/C33H36N2O2/c1-25-9-6-10-26(2)33(25)31-13-7-22-35(31)32(36)14-8-21-34-23-19-28(20-24-34)27-15-17-30(18-16-27)37-29-11-4-3-5-12-29/h3-7,9-13,15-18,22,28H,8,14,19-21,23-24H2,1-2H3. The Morgan fingerprint density at radius 3 is 2.19 bits per heavy atom. The molecular weight excluding hydrogens is 456 g/mol. The van der Waals surface area contributed by atoms with Crippen molar-refractivity contribution >= 4 is 5.91 Å². The molecule has 1 aliphatic rings. The van der Waals surface area contributed by atoms with Gasteiger partial charge >= 0.3 is 0 Å². The molecule has 5 rings (SSSR count). The van der Waals surface area contributed by atoms with Crippen molar-refractivity contribution in [1.29, 1.82) is 0 Å². The second kappa shape index (κ2) is 11.6. The SMILES string of the molecule is Cc1cccc(C)c1-c1cccn1C(=O)CCCN1CCC(c2ccc(Oc3ccccc3)cc2)CC1. The summed E-state index contributed by atoms with van der Waals surface area (Å²) in [7, 11) is 0. The third-order valence-corrected chi connectivity index (χ3v) is 7.54. The van der Waals surface area contributed by atoms with Crippen molar-refractivity contribution in [2.75, 3.05) is 19.6 Å². The van der Waals surface area contributed by atoms with E-state index in [1.165, 1.54) is 22.3 Å². The first kappa shape index (κ1) is 25.0. The highest BCUT2D eigenvalue weighted by Crippen LogP contribution is 2.31. The molecule has 0 saturated carbocycles. The summed E-state index contributed by atoms with van der Waals surface area (Å²) >= 11 is 0. The van der Waals surface area contributed by atoms with E-state index in [-0.39, 0.29) is 5.91 Å². The average molecular weight is 493 g/mol. The number of aryl methyl sites for hydroxylation is 2. The second-order valence-corrected chi connectivity index (χ2v) is 10.1. The summed E-state index contributed by atoms with van der Waals surface area (Å²) in [6, 6.07) is 28.8. The van der Waals surface area contributed by atoms with Crippen LogP contribution >= 0.6 is 0 Å². The van der Waals surface area contributed by atoms with E-state index in [1.807, 2.05) is 47.2 Å². The molecule has 37 heavy (non-hydrogen) atoms. The topological polar surface area (TPSA) is 34.5 Å². The van der Waals surface area contributed by atoms with Gasteiger partial charge in [-0.25, -0.2) is 0 Å². The van der Waals surface area contributed by atoms with Crippen LogP contribution in [0.3, 0.4) is 0 Å². The van der Waals surface area contributed by atoms with Gasteiger partial charge in [-0.05, 0) is 112 Å². The van der Waals surface area contributed by atoms with Gasteiger partial charge in [-0.2, -0.15) is 0 Å². The number of hydrogen-bond acceptors (Lipinski definition) is 3. The molecule has 1 aliphatic heterocycles. The number of benzene rings is 3. The molecule has 4 aromatic rings. The number of aromatic nitrogens is 1. The summed E-state index contributed by atoms with van der Waals surface area (Å²) in [5.41, 5.74) is 5.97. The van der Waals surface area contributed by atoms with Crippen LogP contribution in [0.2, 0.25) is 0 Å². The molecule has 4 heteroatoms. The minimum absolute atomic E-state index is 0.176. The number of ether oxygens (including phenoxy) is 1. The lowest BCUT2D eigenvalue weighted by Gasteiger charge is -2.32. The quantitative estimate of drug-likeness (QED) is 0.251. The Morgan fingerprint density at radius 2 is 1.49 bits per heavy atom. The maximum absolute atomic E-state index is 13.1. The summed E-state index contributed by atoms with van der Waals surface area (Å²) in [5, 5.41) is 0. The van der Waals surface area contributed by atoms with Crippen molar-refractivity contribution < 1.29 is 9.53 Å². The number of rotatable bonds is 8. The van der Waals surface area contributed by atoms with Crippen molar-refractivity contribution in [3.63, 3.8) is 0 Å². The number of hydrogen-bond donors (Lipinski definition) is 0. The molecule has 2 heterocycles. The molecule has 0 amide bonds. The Hall–Kier alpha value is -3.63. The molecule has 4 nitrogen and oxygen atoms in total. The minimum atomic E-state index is 0.176. The lowest BCUT2D eigenvalue weighted by molar-refractivity contribution is 0.0894. The fraction of sp³-hybridized carbons (Fsp3) is 0.303. The molecule has 0 unspecified atom stereocenters. The molecule has 1 fully saturated rings. The van der Waals surface area contributed by atoms with Crippen LogP contribution in [-0.2, 0) is 0 Å².